The Morgan fingerprint density at radius 1 is 0.838 bits per heavy atom. The molecule has 4 aliphatic rings. The van der Waals surface area contributed by atoms with Gasteiger partial charge in [-0.05, 0) is 53.4 Å². The molecule has 1 aliphatic heterocycles. The fraction of sp³-hybridized carbons (Fsp3) is 0.241. The zero-order valence-electron chi connectivity index (χ0n) is 19.9. The number of carbonyl (C=O) groups excluding carboxylic acids is 4. The molecule has 2 bridgehead atoms. The molecule has 7 nitrogen and oxygen atoms in total. The number of imide groups is 1. The van der Waals surface area contributed by atoms with E-state index in [0.717, 1.165) is 27.2 Å². The number of ether oxygens (including phenoxy) is 1. The van der Waals surface area contributed by atoms with Crippen LogP contribution in [0.25, 0.3) is 0 Å². The normalized spacial score (nSPS) is 23.7. The third-order valence-corrected chi connectivity index (χ3v) is 7.68. The van der Waals surface area contributed by atoms with Crippen molar-refractivity contribution in [1.82, 2.24) is 4.90 Å². The lowest BCUT2D eigenvalue weighted by molar-refractivity contribution is -0.159. The molecular formula is C29H23FN2O5. The molecule has 1 N–H and O–H groups in total. The first-order valence-corrected chi connectivity index (χ1v) is 12.1. The highest BCUT2D eigenvalue weighted by Crippen LogP contribution is 2.61. The highest BCUT2D eigenvalue weighted by atomic mass is 19.1. The largest absolute Gasteiger partial charge is 0.454 e. The number of nitrogens with zero attached hydrogens (tertiary/aromatic N) is 1. The van der Waals surface area contributed by atoms with Gasteiger partial charge in [0.25, 0.3) is 5.91 Å². The lowest BCUT2D eigenvalue weighted by atomic mass is 9.55. The van der Waals surface area contributed by atoms with E-state index in [-0.39, 0.29) is 11.8 Å². The summed E-state index contributed by atoms with van der Waals surface area (Å²) in [4.78, 5) is 53.5. The van der Waals surface area contributed by atoms with Gasteiger partial charge in [0.1, 0.15) is 11.9 Å². The van der Waals surface area contributed by atoms with Crippen LogP contribution in [-0.2, 0) is 23.9 Å². The number of amides is 3. The smallest absolute Gasteiger partial charge is 0.329 e. The Hall–Kier alpha value is -4.33. The number of halogens is 1. The quantitative estimate of drug-likeness (QED) is 0.429. The van der Waals surface area contributed by atoms with Gasteiger partial charge in [0, 0.05) is 17.5 Å². The summed E-state index contributed by atoms with van der Waals surface area (Å²) in [5, 5.41) is 2.50. The molecule has 37 heavy (non-hydrogen) atoms. The molecule has 3 aromatic carbocycles. The zero-order valence-corrected chi connectivity index (χ0v) is 19.9. The molecule has 3 amide bonds. The second-order valence-electron chi connectivity index (χ2n) is 9.65. The average Bonchev–Trinajstić information content (AvgIpc) is 3.18. The summed E-state index contributed by atoms with van der Waals surface area (Å²) in [5.41, 5.74) is 4.52. The topological polar surface area (TPSA) is 92.8 Å². The Kier molecular flexibility index (Phi) is 5.40. The summed E-state index contributed by atoms with van der Waals surface area (Å²) < 4.78 is 18.2. The first-order chi connectivity index (χ1) is 17.9. The molecule has 3 atom stereocenters. The molecule has 1 heterocycles. The number of esters is 1. The predicted octanol–water partition coefficient (Wildman–Crippen LogP) is 3.59. The van der Waals surface area contributed by atoms with E-state index in [1.807, 2.05) is 48.5 Å². The zero-order chi connectivity index (χ0) is 25.8. The van der Waals surface area contributed by atoms with Crippen molar-refractivity contribution in [3.8, 4) is 0 Å². The number of benzene rings is 3. The van der Waals surface area contributed by atoms with Crippen LogP contribution in [0.15, 0.2) is 72.8 Å². The van der Waals surface area contributed by atoms with E-state index in [9.17, 15) is 23.6 Å². The van der Waals surface area contributed by atoms with Gasteiger partial charge in [0.15, 0.2) is 6.61 Å². The Balaban J connectivity index is 1.21. The number of nitrogens with one attached hydrogen (secondary N) is 1. The van der Waals surface area contributed by atoms with Gasteiger partial charge in [-0.15, -0.1) is 0 Å². The van der Waals surface area contributed by atoms with Crippen LogP contribution in [0.1, 0.15) is 41.0 Å². The van der Waals surface area contributed by atoms with Crippen LogP contribution in [0.4, 0.5) is 10.1 Å². The van der Waals surface area contributed by atoms with Crippen molar-refractivity contribution < 1.29 is 28.3 Å². The molecule has 8 heteroatoms. The third-order valence-electron chi connectivity index (χ3n) is 7.68. The van der Waals surface area contributed by atoms with Gasteiger partial charge in [0.05, 0.1) is 11.8 Å². The molecule has 0 aromatic heterocycles. The van der Waals surface area contributed by atoms with Crippen molar-refractivity contribution in [2.45, 2.75) is 24.8 Å². The van der Waals surface area contributed by atoms with Crippen molar-refractivity contribution in [1.29, 1.82) is 0 Å². The van der Waals surface area contributed by atoms with Crippen molar-refractivity contribution in [2.24, 2.45) is 11.8 Å². The number of hydrogen-bond donors (Lipinski definition) is 1. The predicted molar refractivity (Wildman–Crippen MR) is 131 cm³/mol. The summed E-state index contributed by atoms with van der Waals surface area (Å²) in [7, 11) is 0. The number of rotatable bonds is 5. The molecule has 0 unspecified atom stereocenters. The summed E-state index contributed by atoms with van der Waals surface area (Å²) >= 11 is 0. The van der Waals surface area contributed by atoms with Crippen molar-refractivity contribution in [2.75, 3.05) is 11.9 Å². The van der Waals surface area contributed by atoms with E-state index in [1.54, 1.807) is 0 Å². The molecule has 3 aliphatic carbocycles. The van der Waals surface area contributed by atoms with Crippen LogP contribution in [-0.4, -0.2) is 41.2 Å². The second kappa shape index (κ2) is 8.65. The molecule has 1 fully saturated rings. The maximum absolute atomic E-state index is 13.7. The minimum absolute atomic E-state index is 0.270. The van der Waals surface area contributed by atoms with Crippen LogP contribution in [0.2, 0.25) is 0 Å². The first kappa shape index (κ1) is 23.1. The number of carbonyl (C=O) groups is 4. The Morgan fingerprint density at radius 2 is 1.30 bits per heavy atom. The summed E-state index contributed by atoms with van der Waals surface area (Å²) in [6.07, 6.45) is 0. The van der Waals surface area contributed by atoms with Gasteiger partial charge < -0.3 is 10.1 Å². The molecule has 0 spiro atoms. The number of hydrogen-bond acceptors (Lipinski definition) is 5. The monoisotopic (exact) mass is 498 g/mol. The average molecular weight is 499 g/mol. The van der Waals surface area contributed by atoms with E-state index >= 15 is 0 Å². The van der Waals surface area contributed by atoms with Crippen molar-refractivity contribution in [3.05, 3.63) is 101 Å². The van der Waals surface area contributed by atoms with Gasteiger partial charge >= 0.3 is 5.97 Å². The van der Waals surface area contributed by atoms with Gasteiger partial charge in [-0.25, -0.2) is 9.18 Å². The van der Waals surface area contributed by atoms with Crippen molar-refractivity contribution >= 4 is 29.4 Å². The molecule has 186 valence electrons. The minimum atomic E-state index is -1.19. The maximum atomic E-state index is 13.7. The van der Waals surface area contributed by atoms with Crippen molar-refractivity contribution in [3.63, 3.8) is 0 Å². The molecular weight excluding hydrogens is 475 g/mol. The van der Waals surface area contributed by atoms with E-state index in [4.69, 9.17) is 4.74 Å². The van der Waals surface area contributed by atoms with Crippen LogP contribution >= 0.6 is 0 Å². The number of anilines is 1. The lowest BCUT2D eigenvalue weighted by Gasteiger charge is -2.45. The van der Waals surface area contributed by atoms with Crippen LogP contribution < -0.4 is 5.32 Å². The van der Waals surface area contributed by atoms with Gasteiger partial charge in [0.2, 0.25) is 11.8 Å². The van der Waals surface area contributed by atoms with Crippen LogP contribution in [0, 0.1) is 17.7 Å². The van der Waals surface area contributed by atoms with Crippen LogP contribution in [0.3, 0.4) is 0 Å². The molecule has 3 aromatic rings. The van der Waals surface area contributed by atoms with E-state index < -0.39 is 54.0 Å². The second-order valence-corrected chi connectivity index (χ2v) is 9.65. The van der Waals surface area contributed by atoms with E-state index in [0.29, 0.717) is 5.69 Å². The minimum Gasteiger partial charge on any atom is -0.454 e. The fourth-order valence-electron chi connectivity index (χ4n) is 6.18. The Bertz CT molecular complexity index is 1340. The lowest BCUT2D eigenvalue weighted by Crippen LogP contribution is -2.45. The number of likely N-dealkylation sites (tertiary alicyclic amines) is 1. The highest BCUT2D eigenvalue weighted by Gasteiger charge is 2.62. The SMILES string of the molecule is C[C@H](C(=O)OCC(=O)Nc1ccc(F)cc1)N1C(=O)[C@@H]2C3c4ccccc4C(c4ccccc43)[C@@H]2C1=O. The molecule has 7 rings (SSSR count). The maximum Gasteiger partial charge on any atom is 0.329 e. The molecule has 0 saturated carbocycles. The van der Waals surface area contributed by atoms with Gasteiger partial charge in [-0.1, -0.05) is 48.5 Å². The van der Waals surface area contributed by atoms with Crippen LogP contribution in [0.5, 0.6) is 0 Å². The summed E-state index contributed by atoms with van der Waals surface area (Å²) in [6.45, 7) is 0.835. The highest BCUT2D eigenvalue weighted by molar-refractivity contribution is 6.10. The van der Waals surface area contributed by atoms with Gasteiger partial charge in [-0.3, -0.25) is 19.3 Å². The summed E-state index contributed by atoms with van der Waals surface area (Å²) in [5.74, 6) is -4.44. The first-order valence-electron chi connectivity index (χ1n) is 12.1. The van der Waals surface area contributed by atoms with E-state index in [1.165, 1.54) is 31.2 Å². The third kappa shape index (κ3) is 3.55. The Morgan fingerprint density at radius 3 is 1.76 bits per heavy atom. The summed E-state index contributed by atoms with van der Waals surface area (Å²) in [6, 6.07) is 19.8. The molecule has 0 radical (unpaired) electrons. The fourth-order valence-corrected chi connectivity index (χ4v) is 6.18. The molecule has 1 saturated heterocycles. The van der Waals surface area contributed by atoms with E-state index in [2.05, 4.69) is 5.32 Å². The van der Waals surface area contributed by atoms with Gasteiger partial charge in [-0.2, -0.15) is 0 Å². The Labute approximate surface area is 212 Å². The standard InChI is InChI=1S/C29H23FN2O5/c1-15(29(36)37-14-22(33)31-17-12-10-16(30)11-13-17)32-27(34)25-23-18-6-2-3-7-19(18)24(26(25)28(32)35)21-9-5-4-8-20(21)23/h2-13,15,23-26H,14H2,1H3,(H,31,33)/t15-,23?,24?,25-,26+/m1/s1.